The van der Waals surface area contributed by atoms with Crippen molar-refractivity contribution in [3.05, 3.63) is 11.9 Å². The van der Waals surface area contributed by atoms with Gasteiger partial charge in [-0.2, -0.15) is 0 Å². The Labute approximate surface area is 103 Å². The number of nitrogens with one attached hydrogen (secondary N) is 1. The number of aromatic nitrogens is 3. The first-order valence-electron chi connectivity index (χ1n) is 6.74. The average molecular weight is 234 g/mol. The first kappa shape index (κ1) is 11.2. The van der Waals surface area contributed by atoms with Gasteiger partial charge >= 0.3 is 0 Å². The van der Waals surface area contributed by atoms with Gasteiger partial charge < -0.3 is 5.32 Å². The Morgan fingerprint density at radius 1 is 1.41 bits per heavy atom. The van der Waals surface area contributed by atoms with Crippen LogP contribution in [0.4, 0.5) is 0 Å². The highest BCUT2D eigenvalue weighted by Gasteiger charge is 2.42. The van der Waals surface area contributed by atoms with Crippen molar-refractivity contribution in [2.24, 2.45) is 18.4 Å². The molecular weight excluding hydrogens is 212 g/mol. The van der Waals surface area contributed by atoms with Crippen LogP contribution in [0.25, 0.3) is 0 Å². The Morgan fingerprint density at radius 2 is 2.18 bits per heavy atom. The zero-order chi connectivity index (χ0) is 11.9. The second-order valence-electron chi connectivity index (χ2n) is 6.14. The van der Waals surface area contributed by atoms with E-state index in [1.807, 2.05) is 7.05 Å². The Bertz CT molecular complexity index is 392. The van der Waals surface area contributed by atoms with Gasteiger partial charge in [-0.25, -0.2) is 0 Å². The SMILES string of the molecule is Cn1cc(CC(C)(CNC2CC2)C2CC2)nn1. The standard InChI is InChI=1S/C13H22N4/c1-13(10-3-4-10,9-14-11-5-6-11)7-12-8-17(2)16-15-12/h8,10-11,14H,3-7,9H2,1-2H3. The van der Waals surface area contributed by atoms with Crippen molar-refractivity contribution >= 4 is 0 Å². The van der Waals surface area contributed by atoms with Crippen LogP contribution in [-0.2, 0) is 13.5 Å². The van der Waals surface area contributed by atoms with E-state index in [4.69, 9.17) is 0 Å². The predicted octanol–water partition coefficient (Wildman–Crippen LogP) is 1.53. The summed E-state index contributed by atoms with van der Waals surface area (Å²) >= 11 is 0. The molecule has 1 N–H and O–H groups in total. The van der Waals surface area contributed by atoms with Gasteiger partial charge in [-0.05, 0) is 43.4 Å². The zero-order valence-electron chi connectivity index (χ0n) is 10.8. The number of hydrogen-bond acceptors (Lipinski definition) is 3. The van der Waals surface area contributed by atoms with Crippen molar-refractivity contribution in [2.45, 2.75) is 45.1 Å². The summed E-state index contributed by atoms with van der Waals surface area (Å²) in [5, 5.41) is 12.0. The van der Waals surface area contributed by atoms with Crippen molar-refractivity contribution in [2.75, 3.05) is 6.54 Å². The Kier molecular flexibility index (Phi) is 2.69. The lowest BCUT2D eigenvalue weighted by atomic mass is 9.80. The fraction of sp³-hybridized carbons (Fsp3) is 0.846. The molecule has 0 aromatic carbocycles. The zero-order valence-corrected chi connectivity index (χ0v) is 10.8. The molecule has 0 amide bonds. The van der Waals surface area contributed by atoms with Crippen LogP contribution in [0.5, 0.6) is 0 Å². The highest BCUT2D eigenvalue weighted by Crippen LogP contribution is 2.47. The number of rotatable bonds is 6. The minimum Gasteiger partial charge on any atom is -0.313 e. The van der Waals surface area contributed by atoms with Crippen LogP contribution >= 0.6 is 0 Å². The van der Waals surface area contributed by atoms with Crippen LogP contribution < -0.4 is 5.32 Å². The van der Waals surface area contributed by atoms with Gasteiger partial charge in [-0.15, -0.1) is 5.10 Å². The summed E-state index contributed by atoms with van der Waals surface area (Å²) in [6.07, 6.45) is 8.63. The van der Waals surface area contributed by atoms with E-state index in [2.05, 4.69) is 28.7 Å². The first-order chi connectivity index (χ1) is 8.16. The monoisotopic (exact) mass is 234 g/mol. The van der Waals surface area contributed by atoms with Crippen molar-refractivity contribution in [3.63, 3.8) is 0 Å². The topological polar surface area (TPSA) is 42.7 Å². The van der Waals surface area contributed by atoms with E-state index in [-0.39, 0.29) is 0 Å². The van der Waals surface area contributed by atoms with Crippen LogP contribution in [-0.4, -0.2) is 27.6 Å². The van der Waals surface area contributed by atoms with Crippen molar-refractivity contribution in [3.8, 4) is 0 Å². The highest BCUT2D eigenvalue weighted by atomic mass is 15.4. The summed E-state index contributed by atoms with van der Waals surface area (Å²) in [4.78, 5) is 0. The second kappa shape index (κ2) is 4.09. The molecule has 0 spiro atoms. The molecule has 17 heavy (non-hydrogen) atoms. The van der Waals surface area contributed by atoms with E-state index in [1.54, 1.807) is 4.68 Å². The van der Waals surface area contributed by atoms with Gasteiger partial charge in [0, 0.05) is 25.8 Å². The molecule has 1 heterocycles. The van der Waals surface area contributed by atoms with E-state index in [9.17, 15) is 0 Å². The molecule has 1 aromatic heterocycles. The van der Waals surface area contributed by atoms with Crippen molar-refractivity contribution < 1.29 is 0 Å². The lowest BCUT2D eigenvalue weighted by Gasteiger charge is -2.29. The molecule has 0 bridgehead atoms. The molecule has 1 atom stereocenters. The third-order valence-electron chi connectivity index (χ3n) is 4.17. The molecular formula is C13H22N4. The maximum absolute atomic E-state index is 4.24. The molecule has 94 valence electrons. The van der Waals surface area contributed by atoms with E-state index in [0.717, 1.165) is 30.6 Å². The molecule has 1 unspecified atom stereocenters. The summed E-state index contributed by atoms with van der Waals surface area (Å²) < 4.78 is 1.80. The molecule has 2 aliphatic rings. The quantitative estimate of drug-likeness (QED) is 0.811. The normalized spacial score (nSPS) is 23.6. The Morgan fingerprint density at radius 3 is 2.71 bits per heavy atom. The van der Waals surface area contributed by atoms with Gasteiger partial charge in [-0.1, -0.05) is 12.1 Å². The lowest BCUT2D eigenvalue weighted by molar-refractivity contribution is 0.252. The molecule has 0 radical (unpaired) electrons. The third kappa shape index (κ3) is 2.68. The largest absolute Gasteiger partial charge is 0.313 e. The van der Waals surface area contributed by atoms with E-state index in [1.165, 1.54) is 25.7 Å². The minimum absolute atomic E-state index is 0.374. The molecule has 0 saturated heterocycles. The predicted molar refractivity (Wildman–Crippen MR) is 66.6 cm³/mol. The van der Waals surface area contributed by atoms with Gasteiger partial charge in [-0.3, -0.25) is 4.68 Å². The summed E-state index contributed by atoms with van der Waals surface area (Å²) in [5.41, 5.74) is 1.51. The number of nitrogens with zero attached hydrogens (tertiary/aromatic N) is 3. The van der Waals surface area contributed by atoms with Crippen LogP contribution in [0.15, 0.2) is 6.20 Å². The van der Waals surface area contributed by atoms with E-state index in [0.29, 0.717) is 5.41 Å². The molecule has 0 aliphatic heterocycles. The highest BCUT2D eigenvalue weighted by molar-refractivity contribution is 5.04. The number of aryl methyl sites for hydroxylation is 1. The van der Waals surface area contributed by atoms with Gasteiger partial charge in [0.15, 0.2) is 0 Å². The molecule has 2 saturated carbocycles. The molecule has 2 aliphatic carbocycles. The Balaban J connectivity index is 1.65. The molecule has 1 aromatic rings. The van der Waals surface area contributed by atoms with Gasteiger partial charge in [0.2, 0.25) is 0 Å². The maximum atomic E-state index is 4.24. The third-order valence-corrected chi connectivity index (χ3v) is 4.17. The van der Waals surface area contributed by atoms with Gasteiger partial charge in [0.25, 0.3) is 0 Å². The Hall–Kier alpha value is -0.900. The lowest BCUT2D eigenvalue weighted by Crippen LogP contribution is -2.36. The van der Waals surface area contributed by atoms with E-state index >= 15 is 0 Å². The molecule has 4 nitrogen and oxygen atoms in total. The smallest absolute Gasteiger partial charge is 0.0833 e. The maximum Gasteiger partial charge on any atom is 0.0833 e. The van der Waals surface area contributed by atoms with Crippen LogP contribution in [0, 0.1) is 11.3 Å². The van der Waals surface area contributed by atoms with Crippen LogP contribution in [0.3, 0.4) is 0 Å². The first-order valence-corrected chi connectivity index (χ1v) is 6.74. The second-order valence-corrected chi connectivity index (χ2v) is 6.14. The fourth-order valence-electron chi connectivity index (χ4n) is 2.69. The van der Waals surface area contributed by atoms with Crippen LogP contribution in [0.1, 0.15) is 38.3 Å². The summed E-state index contributed by atoms with van der Waals surface area (Å²) in [7, 11) is 1.94. The van der Waals surface area contributed by atoms with Crippen molar-refractivity contribution in [1.29, 1.82) is 0 Å². The minimum atomic E-state index is 0.374. The summed E-state index contributed by atoms with van der Waals surface area (Å²) in [5.74, 6) is 0.885. The molecule has 4 heteroatoms. The average Bonchev–Trinajstić information content (AvgIpc) is 3.16. The number of hydrogen-bond donors (Lipinski definition) is 1. The van der Waals surface area contributed by atoms with Crippen molar-refractivity contribution in [1.82, 2.24) is 20.3 Å². The van der Waals surface area contributed by atoms with E-state index < -0.39 is 0 Å². The fourth-order valence-corrected chi connectivity index (χ4v) is 2.69. The summed E-state index contributed by atoms with van der Waals surface area (Å²) in [6, 6.07) is 0.801. The van der Waals surface area contributed by atoms with Gasteiger partial charge in [0.05, 0.1) is 5.69 Å². The van der Waals surface area contributed by atoms with Crippen LogP contribution in [0.2, 0.25) is 0 Å². The molecule has 2 fully saturated rings. The summed E-state index contributed by atoms with van der Waals surface area (Å²) in [6.45, 7) is 3.55. The van der Waals surface area contributed by atoms with Gasteiger partial charge in [0.1, 0.15) is 0 Å². The molecule has 3 rings (SSSR count).